The van der Waals surface area contributed by atoms with Crippen molar-refractivity contribution in [3.63, 3.8) is 0 Å². The maximum absolute atomic E-state index is 11.6. The largest absolute Gasteiger partial charge is 0.294 e. The average Bonchev–Trinajstić information content (AvgIpc) is 2.42. The van der Waals surface area contributed by atoms with Crippen molar-refractivity contribution in [3.05, 3.63) is 19.8 Å². The van der Waals surface area contributed by atoms with Crippen molar-refractivity contribution in [1.29, 1.82) is 0 Å². The minimum atomic E-state index is 0.0454. The number of Topliss-reactive ketones (excluding diaryl/α,β-unsaturated/α-hetero) is 2. The van der Waals surface area contributed by atoms with Gasteiger partial charge >= 0.3 is 0 Å². The van der Waals surface area contributed by atoms with Crippen LogP contribution in [0.15, 0.2) is 3.79 Å². The van der Waals surface area contributed by atoms with Crippen LogP contribution in [0.5, 0.6) is 0 Å². The Balaban J connectivity index is 2.63. The normalized spacial score (nSPS) is 15.4. The molecule has 14 heavy (non-hydrogen) atoms. The van der Waals surface area contributed by atoms with Crippen LogP contribution >= 0.6 is 27.3 Å². The number of halogens is 1. The van der Waals surface area contributed by atoms with E-state index < -0.39 is 0 Å². The Morgan fingerprint density at radius 3 is 2.79 bits per heavy atom. The lowest BCUT2D eigenvalue weighted by atomic mass is 9.94. The highest BCUT2D eigenvalue weighted by Gasteiger charge is 2.26. The number of fused-ring (bicyclic) bond motifs is 1. The van der Waals surface area contributed by atoms with Crippen LogP contribution in [-0.2, 0) is 6.42 Å². The molecule has 0 saturated carbocycles. The molecule has 0 saturated heterocycles. The first-order valence-corrected chi connectivity index (χ1v) is 6.07. The molecule has 0 aliphatic heterocycles. The highest BCUT2D eigenvalue weighted by molar-refractivity contribution is 9.11. The van der Waals surface area contributed by atoms with Crippen LogP contribution in [0.2, 0.25) is 0 Å². The second kappa shape index (κ2) is 3.59. The summed E-state index contributed by atoms with van der Waals surface area (Å²) in [6.07, 6.45) is 2.35. The monoisotopic (exact) mass is 272 g/mol. The van der Waals surface area contributed by atoms with E-state index in [4.69, 9.17) is 0 Å². The Kier molecular flexibility index (Phi) is 2.58. The molecule has 1 aliphatic rings. The first kappa shape index (κ1) is 10.1. The number of ketones is 2. The van der Waals surface area contributed by atoms with Crippen LogP contribution in [0, 0.1) is 0 Å². The Morgan fingerprint density at radius 1 is 1.43 bits per heavy atom. The standard InChI is InChI=1S/C10H9BrO2S/c1-5(12)8-6-3-2-4-7(13)9(6)14-10(8)11/h2-4H2,1H3. The van der Waals surface area contributed by atoms with E-state index in [1.165, 1.54) is 11.3 Å². The number of rotatable bonds is 1. The smallest absolute Gasteiger partial charge is 0.173 e. The van der Waals surface area contributed by atoms with Gasteiger partial charge in [-0.1, -0.05) is 0 Å². The summed E-state index contributed by atoms with van der Waals surface area (Å²) in [5.74, 6) is 0.230. The van der Waals surface area contributed by atoms with E-state index in [-0.39, 0.29) is 11.6 Å². The van der Waals surface area contributed by atoms with Gasteiger partial charge in [0.05, 0.1) is 8.66 Å². The predicted octanol–water partition coefficient (Wildman–Crippen LogP) is 3.23. The zero-order chi connectivity index (χ0) is 10.3. The molecule has 0 amide bonds. The van der Waals surface area contributed by atoms with Crippen LogP contribution in [-0.4, -0.2) is 11.6 Å². The summed E-state index contributed by atoms with van der Waals surface area (Å²) in [4.78, 5) is 23.7. The van der Waals surface area contributed by atoms with Gasteiger partial charge < -0.3 is 0 Å². The Morgan fingerprint density at radius 2 is 2.14 bits per heavy atom. The molecule has 1 heterocycles. The van der Waals surface area contributed by atoms with Crippen molar-refractivity contribution in [2.24, 2.45) is 0 Å². The molecule has 0 bridgehead atoms. The van der Waals surface area contributed by atoms with Crippen LogP contribution in [0.4, 0.5) is 0 Å². The zero-order valence-corrected chi connectivity index (χ0v) is 10.1. The molecule has 4 heteroatoms. The van der Waals surface area contributed by atoms with Gasteiger partial charge in [0.1, 0.15) is 0 Å². The van der Waals surface area contributed by atoms with Gasteiger partial charge in [-0.25, -0.2) is 0 Å². The fourth-order valence-electron chi connectivity index (χ4n) is 1.79. The van der Waals surface area contributed by atoms with Gasteiger partial charge in [0.2, 0.25) is 0 Å². The Bertz CT molecular complexity index is 420. The minimum absolute atomic E-state index is 0.0454. The number of hydrogen-bond donors (Lipinski definition) is 0. The van der Waals surface area contributed by atoms with Gasteiger partial charge in [-0.3, -0.25) is 9.59 Å². The van der Waals surface area contributed by atoms with Crippen molar-refractivity contribution in [2.75, 3.05) is 0 Å². The highest BCUT2D eigenvalue weighted by atomic mass is 79.9. The maximum atomic E-state index is 11.6. The maximum Gasteiger partial charge on any atom is 0.173 e. The molecular weight excluding hydrogens is 264 g/mol. The van der Waals surface area contributed by atoms with Crippen molar-refractivity contribution in [3.8, 4) is 0 Å². The summed E-state index contributed by atoms with van der Waals surface area (Å²) >= 11 is 4.75. The summed E-state index contributed by atoms with van der Waals surface area (Å²) in [5.41, 5.74) is 1.68. The third-order valence-corrected chi connectivity index (χ3v) is 4.34. The molecule has 1 aromatic rings. The van der Waals surface area contributed by atoms with Gasteiger partial charge in [-0.05, 0) is 41.3 Å². The van der Waals surface area contributed by atoms with E-state index >= 15 is 0 Å². The zero-order valence-electron chi connectivity index (χ0n) is 7.72. The number of carbonyl (C=O) groups is 2. The molecule has 0 unspecified atom stereocenters. The van der Waals surface area contributed by atoms with Gasteiger partial charge in [0.15, 0.2) is 11.6 Å². The van der Waals surface area contributed by atoms with Gasteiger partial charge in [0, 0.05) is 12.0 Å². The summed E-state index contributed by atoms with van der Waals surface area (Å²) in [6.45, 7) is 1.55. The SMILES string of the molecule is CC(=O)c1c(Br)sc2c1CCCC2=O. The minimum Gasteiger partial charge on any atom is -0.294 e. The fourth-order valence-corrected chi connectivity index (χ4v) is 3.88. The first-order chi connectivity index (χ1) is 6.61. The molecule has 0 N–H and O–H groups in total. The molecule has 1 aromatic heterocycles. The molecule has 74 valence electrons. The van der Waals surface area contributed by atoms with E-state index in [2.05, 4.69) is 15.9 Å². The molecular formula is C10H9BrO2S. The third-order valence-electron chi connectivity index (χ3n) is 2.40. The van der Waals surface area contributed by atoms with E-state index in [0.29, 0.717) is 6.42 Å². The summed E-state index contributed by atoms with van der Waals surface area (Å²) < 4.78 is 0.810. The number of hydrogen-bond acceptors (Lipinski definition) is 3. The second-order valence-electron chi connectivity index (χ2n) is 3.39. The summed E-state index contributed by atoms with van der Waals surface area (Å²) in [6, 6.07) is 0. The molecule has 1 aliphatic carbocycles. The van der Waals surface area contributed by atoms with Gasteiger partial charge in [-0.15, -0.1) is 11.3 Å². The second-order valence-corrected chi connectivity index (χ2v) is 5.73. The molecule has 0 radical (unpaired) electrons. The summed E-state index contributed by atoms with van der Waals surface area (Å²) in [5, 5.41) is 0. The lowest BCUT2D eigenvalue weighted by molar-refractivity contribution is 0.0977. The van der Waals surface area contributed by atoms with Crippen molar-refractivity contribution in [2.45, 2.75) is 26.2 Å². The van der Waals surface area contributed by atoms with Crippen molar-refractivity contribution in [1.82, 2.24) is 0 Å². The Labute approximate surface area is 94.4 Å². The molecule has 2 nitrogen and oxygen atoms in total. The summed E-state index contributed by atoms with van der Waals surface area (Å²) in [7, 11) is 0. The quantitative estimate of drug-likeness (QED) is 0.736. The van der Waals surface area contributed by atoms with E-state index in [1.807, 2.05) is 0 Å². The molecule has 0 fully saturated rings. The molecule has 0 atom stereocenters. The lowest BCUT2D eigenvalue weighted by Crippen LogP contribution is -2.10. The van der Waals surface area contributed by atoms with Crippen LogP contribution < -0.4 is 0 Å². The fraction of sp³-hybridized carbons (Fsp3) is 0.400. The van der Waals surface area contributed by atoms with Crippen molar-refractivity contribution >= 4 is 38.8 Å². The molecule has 2 rings (SSSR count). The Hall–Kier alpha value is -0.480. The first-order valence-electron chi connectivity index (χ1n) is 4.46. The number of thiophene rings is 1. The molecule has 0 aromatic carbocycles. The lowest BCUT2D eigenvalue weighted by Gasteiger charge is -2.10. The van der Waals surface area contributed by atoms with E-state index in [9.17, 15) is 9.59 Å². The van der Waals surface area contributed by atoms with Crippen LogP contribution in [0.25, 0.3) is 0 Å². The topological polar surface area (TPSA) is 34.1 Å². The van der Waals surface area contributed by atoms with Gasteiger partial charge in [-0.2, -0.15) is 0 Å². The predicted molar refractivity (Wildman–Crippen MR) is 59.3 cm³/mol. The van der Waals surface area contributed by atoms with E-state index in [0.717, 1.165) is 32.6 Å². The van der Waals surface area contributed by atoms with Gasteiger partial charge in [0.25, 0.3) is 0 Å². The average molecular weight is 273 g/mol. The third kappa shape index (κ3) is 1.46. The van der Waals surface area contributed by atoms with Crippen LogP contribution in [0.3, 0.4) is 0 Å². The van der Waals surface area contributed by atoms with Crippen LogP contribution in [0.1, 0.15) is 45.4 Å². The highest BCUT2D eigenvalue weighted by Crippen LogP contribution is 2.37. The number of carbonyl (C=O) groups excluding carboxylic acids is 2. The molecule has 0 spiro atoms. The van der Waals surface area contributed by atoms with E-state index in [1.54, 1.807) is 6.92 Å². The van der Waals surface area contributed by atoms with Crippen molar-refractivity contribution < 1.29 is 9.59 Å².